The van der Waals surface area contributed by atoms with Gasteiger partial charge in [0.25, 0.3) is 0 Å². The highest BCUT2D eigenvalue weighted by molar-refractivity contribution is 5.91. The molecule has 1 fully saturated rings. The summed E-state index contributed by atoms with van der Waals surface area (Å²) in [6.45, 7) is 6.58. The minimum atomic E-state index is -0.548. The Bertz CT molecular complexity index is 1130. The molecule has 7 nitrogen and oxygen atoms in total. The lowest BCUT2D eigenvalue weighted by atomic mass is 10.1. The standard InChI is InChI=1S/C23H25FN4O3/c1-23(2,3)31-22(30)28-11-10-15(13-28)25-20-16-6-4-5-7-18(16)26-21(27-20)17-12-14(24)8-9-19(17)29/h4-9,12,15,29H,10-11,13H2,1-3H3,(H,25,26,27). The average molecular weight is 424 g/mol. The van der Waals surface area contributed by atoms with Crippen molar-refractivity contribution in [2.75, 3.05) is 18.4 Å². The first-order valence-electron chi connectivity index (χ1n) is 10.2. The number of likely N-dealkylation sites (tertiary alicyclic amines) is 1. The first-order chi connectivity index (χ1) is 14.7. The summed E-state index contributed by atoms with van der Waals surface area (Å²) in [5.41, 5.74) is 0.337. The number of carbonyl (C=O) groups is 1. The van der Waals surface area contributed by atoms with E-state index in [0.717, 1.165) is 11.8 Å². The van der Waals surface area contributed by atoms with Crippen molar-refractivity contribution < 1.29 is 19.0 Å². The molecule has 3 aromatic rings. The third kappa shape index (κ3) is 4.68. The molecule has 1 saturated heterocycles. The van der Waals surface area contributed by atoms with Gasteiger partial charge in [0.2, 0.25) is 0 Å². The minimum Gasteiger partial charge on any atom is -0.507 e. The third-order valence-electron chi connectivity index (χ3n) is 4.98. The third-order valence-corrected chi connectivity index (χ3v) is 4.98. The monoisotopic (exact) mass is 424 g/mol. The summed E-state index contributed by atoms with van der Waals surface area (Å²) in [4.78, 5) is 23.1. The lowest BCUT2D eigenvalue weighted by Crippen LogP contribution is -2.36. The Morgan fingerprint density at radius 1 is 1.23 bits per heavy atom. The van der Waals surface area contributed by atoms with Gasteiger partial charge in [0.05, 0.1) is 11.1 Å². The van der Waals surface area contributed by atoms with E-state index in [-0.39, 0.29) is 29.3 Å². The molecule has 2 N–H and O–H groups in total. The van der Waals surface area contributed by atoms with Crippen LogP contribution in [0, 0.1) is 5.82 Å². The smallest absolute Gasteiger partial charge is 0.410 e. The number of halogens is 1. The lowest BCUT2D eigenvalue weighted by Gasteiger charge is -2.24. The van der Waals surface area contributed by atoms with Crippen LogP contribution >= 0.6 is 0 Å². The Labute approximate surface area is 179 Å². The van der Waals surface area contributed by atoms with Gasteiger partial charge in [0, 0.05) is 24.5 Å². The largest absolute Gasteiger partial charge is 0.507 e. The normalized spacial score (nSPS) is 16.5. The Kier molecular flexibility index (Phi) is 5.39. The second-order valence-electron chi connectivity index (χ2n) is 8.63. The number of hydrogen-bond donors (Lipinski definition) is 2. The van der Waals surface area contributed by atoms with Gasteiger partial charge in [0.15, 0.2) is 5.82 Å². The number of carbonyl (C=O) groups excluding carboxylic acids is 1. The number of phenols is 1. The molecule has 0 saturated carbocycles. The van der Waals surface area contributed by atoms with Crippen molar-refractivity contribution in [3.63, 3.8) is 0 Å². The van der Waals surface area contributed by atoms with Gasteiger partial charge in [0.1, 0.15) is 23.0 Å². The molecule has 1 atom stereocenters. The molecule has 8 heteroatoms. The van der Waals surface area contributed by atoms with Crippen molar-refractivity contribution in [2.24, 2.45) is 0 Å². The predicted molar refractivity (Wildman–Crippen MR) is 116 cm³/mol. The van der Waals surface area contributed by atoms with Gasteiger partial charge in [-0.25, -0.2) is 19.2 Å². The molecule has 0 spiro atoms. The van der Waals surface area contributed by atoms with Crippen LogP contribution in [0.25, 0.3) is 22.3 Å². The van der Waals surface area contributed by atoms with Crippen molar-refractivity contribution in [3.05, 3.63) is 48.3 Å². The molecule has 1 amide bonds. The van der Waals surface area contributed by atoms with Gasteiger partial charge >= 0.3 is 6.09 Å². The summed E-state index contributed by atoms with van der Waals surface area (Å²) in [5.74, 6) is 0.211. The highest BCUT2D eigenvalue weighted by Gasteiger charge is 2.30. The number of aromatic nitrogens is 2. The fourth-order valence-electron chi connectivity index (χ4n) is 3.56. The zero-order valence-corrected chi connectivity index (χ0v) is 17.7. The van der Waals surface area contributed by atoms with Gasteiger partial charge in [-0.15, -0.1) is 0 Å². The number of benzene rings is 2. The van der Waals surface area contributed by atoms with Gasteiger partial charge in [-0.05, 0) is 57.5 Å². The van der Waals surface area contributed by atoms with E-state index in [1.54, 1.807) is 4.90 Å². The molecule has 162 valence electrons. The zero-order valence-electron chi connectivity index (χ0n) is 17.7. The number of nitrogens with zero attached hydrogens (tertiary/aromatic N) is 3. The molecule has 1 aliphatic heterocycles. The van der Waals surface area contributed by atoms with Crippen LogP contribution in [0.3, 0.4) is 0 Å². The maximum atomic E-state index is 13.8. The van der Waals surface area contributed by atoms with Gasteiger partial charge < -0.3 is 20.1 Å². The molecule has 1 aromatic heterocycles. The van der Waals surface area contributed by atoms with Crippen LogP contribution < -0.4 is 5.32 Å². The van der Waals surface area contributed by atoms with Crippen molar-refractivity contribution in [1.82, 2.24) is 14.9 Å². The number of nitrogens with one attached hydrogen (secondary N) is 1. The number of phenolic OH excluding ortho intramolecular Hbond substituents is 1. The Morgan fingerprint density at radius 3 is 2.77 bits per heavy atom. The summed E-state index contributed by atoms with van der Waals surface area (Å²) in [6.07, 6.45) is 0.396. The van der Waals surface area contributed by atoms with E-state index < -0.39 is 11.4 Å². The molecular weight excluding hydrogens is 399 g/mol. The van der Waals surface area contributed by atoms with Crippen molar-refractivity contribution in [3.8, 4) is 17.1 Å². The number of hydrogen-bond acceptors (Lipinski definition) is 6. The maximum Gasteiger partial charge on any atom is 0.410 e. The minimum absolute atomic E-state index is 0.0280. The molecule has 0 bridgehead atoms. The molecule has 2 aromatic carbocycles. The summed E-state index contributed by atoms with van der Waals surface area (Å²) in [5, 5.41) is 14.4. The predicted octanol–water partition coefficient (Wildman–Crippen LogP) is 4.56. The molecule has 0 radical (unpaired) electrons. The Hall–Kier alpha value is -3.42. The maximum absolute atomic E-state index is 13.8. The highest BCUT2D eigenvalue weighted by atomic mass is 19.1. The number of fused-ring (bicyclic) bond motifs is 1. The number of ether oxygens (including phenoxy) is 1. The molecule has 1 unspecified atom stereocenters. The molecule has 31 heavy (non-hydrogen) atoms. The van der Waals surface area contributed by atoms with E-state index in [4.69, 9.17) is 4.74 Å². The van der Waals surface area contributed by atoms with Crippen LogP contribution in [-0.4, -0.2) is 50.8 Å². The number of rotatable bonds is 3. The van der Waals surface area contributed by atoms with Gasteiger partial charge in [-0.2, -0.15) is 0 Å². The van der Waals surface area contributed by atoms with Crippen molar-refractivity contribution >= 4 is 22.8 Å². The van der Waals surface area contributed by atoms with Crippen LogP contribution in [0.5, 0.6) is 5.75 Å². The van der Waals surface area contributed by atoms with E-state index in [1.807, 2.05) is 45.0 Å². The molecule has 1 aliphatic rings. The zero-order chi connectivity index (χ0) is 22.2. The highest BCUT2D eigenvalue weighted by Crippen LogP contribution is 2.31. The number of anilines is 1. The van der Waals surface area contributed by atoms with Crippen molar-refractivity contribution in [1.29, 1.82) is 0 Å². The number of aromatic hydroxyl groups is 1. The number of amides is 1. The first kappa shape index (κ1) is 20.8. The molecule has 2 heterocycles. The van der Waals surface area contributed by atoms with E-state index >= 15 is 0 Å². The summed E-state index contributed by atoms with van der Waals surface area (Å²) < 4.78 is 19.2. The van der Waals surface area contributed by atoms with E-state index in [1.165, 1.54) is 18.2 Å². The Balaban J connectivity index is 1.62. The summed E-state index contributed by atoms with van der Waals surface area (Å²) >= 11 is 0. The van der Waals surface area contributed by atoms with E-state index in [9.17, 15) is 14.3 Å². The lowest BCUT2D eigenvalue weighted by molar-refractivity contribution is 0.0293. The summed E-state index contributed by atoms with van der Waals surface area (Å²) in [7, 11) is 0. The van der Waals surface area contributed by atoms with Crippen LogP contribution in [0.2, 0.25) is 0 Å². The first-order valence-corrected chi connectivity index (χ1v) is 10.2. The van der Waals surface area contributed by atoms with E-state index in [0.29, 0.717) is 24.4 Å². The fourth-order valence-corrected chi connectivity index (χ4v) is 3.56. The second kappa shape index (κ2) is 8.02. The quantitative estimate of drug-likeness (QED) is 0.641. The van der Waals surface area contributed by atoms with Crippen LogP contribution in [0.15, 0.2) is 42.5 Å². The fraction of sp³-hybridized carbons (Fsp3) is 0.348. The SMILES string of the molecule is CC(C)(C)OC(=O)N1CCC(Nc2nc(-c3cc(F)ccc3O)nc3ccccc23)C1. The van der Waals surface area contributed by atoms with Gasteiger partial charge in [-0.1, -0.05) is 12.1 Å². The van der Waals surface area contributed by atoms with E-state index in [2.05, 4.69) is 15.3 Å². The van der Waals surface area contributed by atoms with Crippen LogP contribution in [0.4, 0.5) is 15.0 Å². The average Bonchev–Trinajstić information content (AvgIpc) is 3.17. The van der Waals surface area contributed by atoms with Gasteiger partial charge in [-0.3, -0.25) is 0 Å². The van der Waals surface area contributed by atoms with Crippen LogP contribution in [-0.2, 0) is 4.74 Å². The number of para-hydroxylation sites is 1. The molecule has 4 rings (SSSR count). The summed E-state index contributed by atoms with van der Waals surface area (Å²) in [6, 6.07) is 11.1. The topological polar surface area (TPSA) is 87.6 Å². The van der Waals surface area contributed by atoms with Crippen molar-refractivity contribution in [2.45, 2.75) is 38.8 Å². The van der Waals surface area contributed by atoms with Crippen LogP contribution in [0.1, 0.15) is 27.2 Å². The Morgan fingerprint density at radius 2 is 2.00 bits per heavy atom. The second-order valence-corrected chi connectivity index (χ2v) is 8.63. The molecular formula is C23H25FN4O3. The molecule has 0 aliphatic carbocycles.